The molecule has 1 aliphatic rings. The molecule has 0 amide bonds. The molecule has 1 atom stereocenters. The van der Waals surface area contributed by atoms with Crippen LogP contribution >= 0.6 is 0 Å². The highest BCUT2D eigenvalue weighted by Gasteiger charge is 2.36. The van der Waals surface area contributed by atoms with Crippen LogP contribution in [0.3, 0.4) is 0 Å². The number of ether oxygens (including phenoxy) is 1. The number of nitrogens with zero attached hydrogens (tertiary/aromatic N) is 3. The standard InChI is InChI=1S/C14H13N3O2/c1-9-11-6-4-5-7-12(11)16-13(8-15)14(3,17-9)19-10(2)18/h4-7H,1-3H3. The number of fused-ring (bicyclic) bond motifs is 1. The zero-order valence-electron chi connectivity index (χ0n) is 11.0. The minimum Gasteiger partial charge on any atom is -0.431 e. The van der Waals surface area contributed by atoms with E-state index in [-0.39, 0.29) is 5.71 Å². The summed E-state index contributed by atoms with van der Waals surface area (Å²) < 4.78 is 5.18. The predicted molar refractivity (Wildman–Crippen MR) is 71.5 cm³/mol. The quantitative estimate of drug-likeness (QED) is 0.723. The van der Waals surface area contributed by atoms with Crippen LogP contribution in [-0.4, -0.2) is 23.1 Å². The molecule has 1 aliphatic heterocycles. The maximum Gasteiger partial charge on any atom is 0.305 e. The molecule has 96 valence electrons. The highest BCUT2D eigenvalue weighted by atomic mass is 16.6. The normalized spacial score (nSPS) is 21.4. The van der Waals surface area contributed by atoms with Gasteiger partial charge in [0, 0.05) is 25.1 Å². The molecule has 0 fully saturated rings. The van der Waals surface area contributed by atoms with Gasteiger partial charge >= 0.3 is 5.97 Å². The molecule has 0 bridgehead atoms. The third-order valence-corrected chi connectivity index (χ3v) is 2.79. The lowest BCUT2D eigenvalue weighted by Crippen LogP contribution is -2.37. The fraction of sp³-hybridized carbons (Fsp3) is 0.286. The number of rotatable bonds is 1. The molecule has 19 heavy (non-hydrogen) atoms. The topological polar surface area (TPSA) is 74.8 Å². The van der Waals surface area contributed by atoms with Gasteiger partial charge in [0.1, 0.15) is 6.07 Å². The second kappa shape index (κ2) is 4.65. The number of hydrogen-bond donors (Lipinski definition) is 0. The number of benzene rings is 1. The third kappa shape index (κ3) is 2.38. The van der Waals surface area contributed by atoms with E-state index < -0.39 is 11.7 Å². The molecule has 0 radical (unpaired) electrons. The Kier molecular flexibility index (Phi) is 3.17. The van der Waals surface area contributed by atoms with E-state index in [1.807, 2.05) is 24.3 Å². The SMILES string of the molecule is CC(=O)OC1(C)N=C(C)c2ccccc2N=C1C#N. The van der Waals surface area contributed by atoms with E-state index in [1.54, 1.807) is 19.9 Å². The summed E-state index contributed by atoms with van der Waals surface area (Å²) in [6.45, 7) is 4.64. The van der Waals surface area contributed by atoms with Crippen LogP contribution in [0.25, 0.3) is 0 Å². The van der Waals surface area contributed by atoms with Gasteiger partial charge in [-0.05, 0) is 13.0 Å². The number of carbonyl (C=O) groups is 1. The molecule has 0 saturated heterocycles. The van der Waals surface area contributed by atoms with Gasteiger partial charge in [-0.2, -0.15) is 5.26 Å². The largest absolute Gasteiger partial charge is 0.431 e. The molecule has 1 unspecified atom stereocenters. The zero-order valence-corrected chi connectivity index (χ0v) is 11.0. The number of esters is 1. The van der Waals surface area contributed by atoms with Gasteiger partial charge in [-0.25, -0.2) is 9.98 Å². The summed E-state index contributed by atoms with van der Waals surface area (Å²) in [5.41, 5.74) is 0.839. The van der Waals surface area contributed by atoms with E-state index in [0.29, 0.717) is 11.4 Å². The van der Waals surface area contributed by atoms with Gasteiger partial charge in [0.05, 0.1) is 5.69 Å². The molecule has 1 aromatic carbocycles. The number of carbonyl (C=O) groups excluding carboxylic acids is 1. The molecule has 0 aromatic heterocycles. The van der Waals surface area contributed by atoms with Crippen molar-refractivity contribution in [1.82, 2.24) is 0 Å². The number of para-hydroxylation sites is 1. The van der Waals surface area contributed by atoms with Gasteiger partial charge in [-0.1, -0.05) is 18.2 Å². The Balaban J connectivity index is 2.66. The average Bonchev–Trinajstić information content (AvgIpc) is 2.44. The minimum atomic E-state index is -1.37. The van der Waals surface area contributed by atoms with Crippen LogP contribution in [0, 0.1) is 11.3 Å². The predicted octanol–water partition coefficient (Wildman–Crippen LogP) is 2.38. The van der Waals surface area contributed by atoms with Crippen LogP contribution < -0.4 is 0 Å². The van der Waals surface area contributed by atoms with Crippen LogP contribution in [0.4, 0.5) is 5.69 Å². The van der Waals surface area contributed by atoms with Crippen molar-refractivity contribution < 1.29 is 9.53 Å². The van der Waals surface area contributed by atoms with Crippen LogP contribution in [0.15, 0.2) is 34.3 Å². The van der Waals surface area contributed by atoms with Crippen LogP contribution in [-0.2, 0) is 9.53 Å². The second-order valence-electron chi connectivity index (χ2n) is 4.36. The molecule has 1 aromatic rings. The average molecular weight is 255 g/mol. The van der Waals surface area contributed by atoms with E-state index in [0.717, 1.165) is 5.56 Å². The highest BCUT2D eigenvalue weighted by Crippen LogP contribution is 2.28. The van der Waals surface area contributed by atoms with Crippen molar-refractivity contribution in [3.8, 4) is 6.07 Å². The van der Waals surface area contributed by atoms with Gasteiger partial charge in [-0.3, -0.25) is 4.79 Å². The zero-order chi connectivity index (χ0) is 14.0. The van der Waals surface area contributed by atoms with Gasteiger partial charge in [0.2, 0.25) is 0 Å². The second-order valence-corrected chi connectivity index (χ2v) is 4.36. The highest BCUT2D eigenvalue weighted by molar-refractivity contribution is 6.13. The summed E-state index contributed by atoms with van der Waals surface area (Å²) in [6, 6.07) is 9.33. The van der Waals surface area contributed by atoms with Gasteiger partial charge in [0.15, 0.2) is 5.71 Å². The number of hydrogen-bond acceptors (Lipinski definition) is 5. The molecule has 0 N–H and O–H groups in total. The van der Waals surface area contributed by atoms with E-state index in [2.05, 4.69) is 9.98 Å². The summed E-state index contributed by atoms with van der Waals surface area (Å²) in [7, 11) is 0. The van der Waals surface area contributed by atoms with Crippen molar-refractivity contribution in [3.63, 3.8) is 0 Å². The van der Waals surface area contributed by atoms with Crippen molar-refractivity contribution >= 4 is 23.1 Å². The molecule has 5 nitrogen and oxygen atoms in total. The van der Waals surface area contributed by atoms with Crippen LogP contribution in [0.2, 0.25) is 0 Å². The number of nitriles is 1. The Hall–Kier alpha value is -2.48. The first-order valence-corrected chi connectivity index (χ1v) is 5.81. The summed E-state index contributed by atoms with van der Waals surface area (Å²) >= 11 is 0. The lowest BCUT2D eigenvalue weighted by Gasteiger charge is -2.22. The van der Waals surface area contributed by atoms with Crippen LogP contribution in [0.5, 0.6) is 0 Å². The number of aliphatic imine (C=N–C) groups is 2. The molecular weight excluding hydrogens is 242 g/mol. The fourth-order valence-electron chi connectivity index (χ4n) is 2.01. The molecule has 5 heteroatoms. The molecule has 0 spiro atoms. The van der Waals surface area contributed by atoms with E-state index in [4.69, 9.17) is 4.74 Å². The fourth-order valence-corrected chi connectivity index (χ4v) is 2.01. The minimum absolute atomic E-state index is 0.0620. The summed E-state index contributed by atoms with van der Waals surface area (Å²) in [6.07, 6.45) is 0. The Morgan fingerprint density at radius 2 is 2.11 bits per heavy atom. The first kappa shape index (κ1) is 13.0. The lowest BCUT2D eigenvalue weighted by atomic mass is 10.1. The summed E-state index contributed by atoms with van der Waals surface area (Å²) in [5, 5.41) is 9.24. The molecule has 1 heterocycles. The molecular formula is C14H13N3O2. The van der Waals surface area contributed by atoms with Crippen LogP contribution in [0.1, 0.15) is 26.3 Å². The Bertz CT molecular complexity index is 640. The molecule has 0 aliphatic carbocycles. The van der Waals surface area contributed by atoms with Crippen molar-refractivity contribution in [2.45, 2.75) is 26.5 Å². The van der Waals surface area contributed by atoms with Crippen molar-refractivity contribution in [1.29, 1.82) is 5.26 Å². The van der Waals surface area contributed by atoms with E-state index >= 15 is 0 Å². The Morgan fingerprint density at radius 1 is 1.42 bits per heavy atom. The van der Waals surface area contributed by atoms with Gasteiger partial charge in [0.25, 0.3) is 5.72 Å². The first-order valence-electron chi connectivity index (χ1n) is 5.81. The van der Waals surface area contributed by atoms with Gasteiger partial charge in [-0.15, -0.1) is 0 Å². The summed E-state index contributed by atoms with van der Waals surface area (Å²) in [4.78, 5) is 19.9. The Morgan fingerprint density at radius 3 is 2.74 bits per heavy atom. The van der Waals surface area contributed by atoms with E-state index in [9.17, 15) is 10.1 Å². The van der Waals surface area contributed by atoms with Crippen molar-refractivity contribution in [2.24, 2.45) is 9.98 Å². The molecule has 0 saturated carbocycles. The maximum absolute atomic E-state index is 11.2. The smallest absolute Gasteiger partial charge is 0.305 e. The maximum atomic E-state index is 11.2. The van der Waals surface area contributed by atoms with Gasteiger partial charge < -0.3 is 4.74 Å². The summed E-state index contributed by atoms with van der Waals surface area (Å²) in [5.74, 6) is -0.507. The van der Waals surface area contributed by atoms with Crippen molar-refractivity contribution in [3.05, 3.63) is 29.8 Å². The first-order chi connectivity index (χ1) is 8.96. The monoisotopic (exact) mass is 255 g/mol. The lowest BCUT2D eigenvalue weighted by molar-refractivity contribution is -0.148. The molecule has 2 rings (SSSR count). The Labute approximate surface area is 111 Å². The van der Waals surface area contributed by atoms with Crippen molar-refractivity contribution in [2.75, 3.05) is 0 Å². The third-order valence-electron chi connectivity index (χ3n) is 2.79. The van der Waals surface area contributed by atoms with E-state index in [1.165, 1.54) is 6.92 Å².